The average Bonchev–Trinajstić information content (AvgIpc) is 2.70. The van der Waals surface area contributed by atoms with Gasteiger partial charge < -0.3 is 46.9 Å². The SMILES string of the molecule is NCC(F)C(O)C(=O)NC1CC(N)[C@@H](O[C@@H]2CCCC(CNCCO)O2)C(O)C1. The molecule has 2 aliphatic rings. The maximum atomic E-state index is 13.4. The molecular weight excluding hydrogens is 387 g/mol. The lowest BCUT2D eigenvalue weighted by molar-refractivity contribution is -0.237. The molecule has 0 aromatic carbocycles. The molecule has 6 unspecified atom stereocenters. The predicted molar refractivity (Wildman–Crippen MR) is 102 cm³/mol. The fourth-order valence-electron chi connectivity index (χ4n) is 3.79. The van der Waals surface area contributed by atoms with Crippen molar-refractivity contribution in [2.45, 2.75) is 81.1 Å². The summed E-state index contributed by atoms with van der Waals surface area (Å²) < 4.78 is 25.2. The Kier molecular flexibility index (Phi) is 10.1. The third kappa shape index (κ3) is 7.37. The second-order valence-corrected chi connectivity index (χ2v) is 7.75. The lowest BCUT2D eigenvalue weighted by Gasteiger charge is -2.41. The molecule has 8 atom stereocenters. The van der Waals surface area contributed by atoms with E-state index in [4.69, 9.17) is 26.0 Å². The van der Waals surface area contributed by atoms with Crippen LogP contribution in [0, 0.1) is 0 Å². The number of nitrogens with two attached hydrogens (primary N) is 2. The summed E-state index contributed by atoms with van der Waals surface area (Å²) in [6.45, 7) is 0.695. The van der Waals surface area contributed by atoms with Crippen LogP contribution in [-0.2, 0) is 14.3 Å². The quantitative estimate of drug-likeness (QED) is 0.187. The van der Waals surface area contributed by atoms with E-state index in [1.54, 1.807) is 0 Å². The summed E-state index contributed by atoms with van der Waals surface area (Å²) in [5, 5.41) is 34.5. The molecule has 1 heterocycles. The largest absolute Gasteiger partial charge is 0.395 e. The molecule has 29 heavy (non-hydrogen) atoms. The number of hydrogen-bond acceptors (Lipinski definition) is 9. The van der Waals surface area contributed by atoms with Gasteiger partial charge in [0.1, 0.15) is 12.3 Å². The van der Waals surface area contributed by atoms with E-state index in [-0.39, 0.29) is 19.1 Å². The van der Waals surface area contributed by atoms with Gasteiger partial charge in [-0.3, -0.25) is 4.79 Å². The molecule has 0 spiro atoms. The molecule has 10 nitrogen and oxygen atoms in total. The molecule has 9 N–H and O–H groups in total. The highest BCUT2D eigenvalue weighted by Gasteiger charge is 2.39. The van der Waals surface area contributed by atoms with Crippen molar-refractivity contribution in [1.29, 1.82) is 0 Å². The minimum absolute atomic E-state index is 0.0398. The molecule has 170 valence electrons. The van der Waals surface area contributed by atoms with Crippen molar-refractivity contribution in [3.8, 4) is 0 Å². The van der Waals surface area contributed by atoms with E-state index < -0.39 is 55.3 Å². The Morgan fingerprint density at radius 2 is 2.10 bits per heavy atom. The van der Waals surface area contributed by atoms with Crippen molar-refractivity contribution in [2.24, 2.45) is 11.5 Å². The zero-order chi connectivity index (χ0) is 21.4. The Labute approximate surface area is 170 Å². The van der Waals surface area contributed by atoms with Gasteiger partial charge in [-0.1, -0.05) is 0 Å². The molecule has 2 fully saturated rings. The Morgan fingerprint density at radius 3 is 2.76 bits per heavy atom. The van der Waals surface area contributed by atoms with E-state index in [2.05, 4.69) is 10.6 Å². The van der Waals surface area contributed by atoms with Crippen molar-refractivity contribution >= 4 is 5.91 Å². The second-order valence-electron chi connectivity index (χ2n) is 7.75. The zero-order valence-electron chi connectivity index (χ0n) is 16.6. The van der Waals surface area contributed by atoms with Gasteiger partial charge in [-0.2, -0.15) is 0 Å². The summed E-state index contributed by atoms with van der Waals surface area (Å²) in [6, 6.07) is -1.07. The number of hydrogen-bond donors (Lipinski definition) is 7. The molecule has 2 rings (SSSR count). The highest BCUT2D eigenvalue weighted by molar-refractivity contribution is 5.81. The number of aliphatic hydroxyl groups is 3. The first-order valence-corrected chi connectivity index (χ1v) is 10.2. The molecule has 0 bridgehead atoms. The van der Waals surface area contributed by atoms with Crippen LogP contribution < -0.4 is 22.1 Å². The molecule has 1 amide bonds. The van der Waals surface area contributed by atoms with E-state index in [0.29, 0.717) is 25.9 Å². The number of aliphatic hydroxyl groups excluding tert-OH is 3. The number of rotatable bonds is 10. The van der Waals surface area contributed by atoms with Crippen LogP contribution in [0.3, 0.4) is 0 Å². The summed E-state index contributed by atoms with van der Waals surface area (Å²) in [6.07, 6.45) is -2.85. The maximum absolute atomic E-state index is 13.4. The van der Waals surface area contributed by atoms with Gasteiger partial charge in [0.15, 0.2) is 12.4 Å². The van der Waals surface area contributed by atoms with Crippen LogP contribution in [0.4, 0.5) is 4.39 Å². The molecule has 1 saturated heterocycles. The van der Waals surface area contributed by atoms with Gasteiger partial charge in [-0.25, -0.2) is 4.39 Å². The Bertz CT molecular complexity index is 493. The minimum Gasteiger partial charge on any atom is -0.395 e. The number of nitrogens with one attached hydrogen (secondary N) is 2. The number of halogens is 1. The summed E-state index contributed by atoms with van der Waals surface area (Å²) in [5.74, 6) is -0.874. The van der Waals surface area contributed by atoms with E-state index >= 15 is 0 Å². The third-order valence-electron chi connectivity index (χ3n) is 5.35. The maximum Gasteiger partial charge on any atom is 0.252 e. The summed E-state index contributed by atoms with van der Waals surface area (Å²) in [4.78, 5) is 11.9. The van der Waals surface area contributed by atoms with Crippen molar-refractivity contribution < 1.29 is 34.0 Å². The number of amides is 1. The van der Waals surface area contributed by atoms with Gasteiger partial charge in [-0.05, 0) is 32.1 Å². The lowest BCUT2D eigenvalue weighted by Crippen LogP contribution is -2.58. The molecule has 0 aromatic rings. The van der Waals surface area contributed by atoms with Gasteiger partial charge >= 0.3 is 0 Å². The number of ether oxygens (including phenoxy) is 2. The van der Waals surface area contributed by atoms with Crippen molar-refractivity contribution in [3.63, 3.8) is 0 Å². The van der Waals surface area contributed by atoms with Crippen LogP contribution in [0.2, 0.25) is 0 Å². The summed E-state index contributed by atoms with van der Waals surface area (Å²) in [5.41, 5.74) is 11.3. The summed E-state index contributed by atoms with van der Waals surface area (Å²) in [7, 11) is 0. The van der Waals surface area contributed by atoms with Crippen LogP contribution in [-0.4, -0.2) is 96.4 Å². The van der Waals surface area contributed by atoms with Gasteiger partial charge in [0.2, 0.25) is 0 Å². The van der Waals surface area contributed by atoms with Gasteiger partial charge in [0.05, 0.1) is 18.8 Å². The van der Waals surface area contributed by atoms with Crippen LogP contribution in [0.1, 0.15) is 32.1 Å². The highest BCUT2D eigenvalue weighted by Crippen LogP contribution is 2.27. The second kappa shape index (κ2) is 12.1. The smallest absolute Gasteiger partial charge is 0.252 e. The first-order valence-electron chi connectivity index (χ1n) is 10.2. The first kappa shape index (κ1) is 24.4. The fourth-order valence-corrected chi connectivity index (χ4v) is 3.79. The van der Waals surface area contributed by atoms with Gasteiger partial charge in [0, 0.05) is 31.7 Å². The first-order chi connectivity index (χ1) is 13.8. The monoisotopic (exact) mass is 422 g/mol. The summed E-state index contributed by atoms with van der Waals surface area (Å²) >= 11 is 0. The van der Waals surface area contributed by atoms with Crippen LogP contribution in [0.5, 0.6) is 0 Å². The normalized spacial score (nSPS) is 35.1. The fraction of sp³-hybridized carbons (Fsp3) is 0.944. The topological polar surface area (TPSA) is 172 Å². The van der Waals surface area contributed by atoms with E-state index in [0.717, 1.165) is 12.8 Å². The molecule has 1 saturated carbocycles. The van der Waals surface area contributed by atoms with Crippen LogP contribution in [0.25, 0.3) is 0 Å². The van der Waals surface area contributed by atoms with E-state index in [1.807, 2.05) is 0 Å². The Morgan fingerprint density at radius 1 is 1.34 bits per heavy atom. The lowest BCUT2D eigenvalue weighted by atomic mass is 9.86. The molecule has 1 aliphatic carbocycles. The number of carbonyl (C=O) groups is 1. The minimum atomic E-state index is -1.85. The Balaban J connectivity index is 1.81. The van der Waals surface area contributed by atoms with Crippen molar-refractivity contribution in [2.75, 3.05) is 26.2 Å². The Hall–Kier alpha value is -0.920. The van der Waals surface area contributed by atoms with Crippen LogP contribution in [0.15, 0.2) is 0 Å². The highest BCUT2D eigenvalue weighted by atomic mass is 19.1. The van der Waals surface area contributed by atoms with E-state index in [9.17, 15) is 19.4 Å². The number of alkyl halides is 1. The van der Waals surface area contributed by atoms with Crippen molar-refractivity contribution in [1.82, 2.24) is 10.6 Å². The molecule has 11 heteroatoms. The predicted octanol–water partition coefficient (Wildman–Crippen LogP) is -2.53. The molecule has 0 radical (unpaired) electrons. The number of carbonyl (C=O) groups excluding carboxylic acids is 1. The average molecular weight is 422 g/mol. The molecule has 1 aliphatic heterocycles. The molecule has 0 aromatic heterocycles. The third-order valence-corrected chi connectivity index (χ3v) is 5.35. The van der Waals surface area contributed by atoms with E-state index in [1.165, 1.54) is 0 Å². The van der Waals surface area contributed by atoms with Crippen molar-refractivity contribution in [3.05, 3.63) is 0 Å². The molecular formula is C18H35FN4O6. The zero-order valence-corrected chi connectivity index (χ0v) is 16.6. The van der Waals surface area contributed by atoms with Crippen LogP contribution >= 0.6 is 0 Å². The van der Waals surface area contributed by atoms with Gasteiger partial charge in [-0.15, -0.1) is 0 Å². The standard InChI is InChI=1S/C18H35FN4O6/c19-12(8-20)16(26)18(27)23-10-6-13(21)17(14(25)7-10)29-15-3-1-2-11(28-15)9-22-4-5-24/h10-17,22,24-26H,1-9,20-21H2,(H,23,27)/t10?,11?,12?,13?,14?,15-,16?,17-/m1/s1. The van der Waals surface area contributed by atoms with Gasteiger partial charge in [0.25, 0.3) is 5.91 Å².